The van der Waals surface area contributed by atoms with Crippen molar-refractivity contribution in [2.75, 3.05) is 7.11 Å². The number of rotatable bonds is 1. The number of aromatic amines is 1. The minimum absolute atomic E-state index is 0.789. The van der Waals surface area contributed by atoms with Gasteiger partial charge in [-0.05, 0) is 12.1 Å². The van der Waals surface area contributed by atoms with E-state index in [0.717, 1.165) is 16.8 Å². The van der Waals surface area contributed by atoms with Crippen molar-refractivity contribution >= 4 is 11.0 Å². The quantitative estimate of drug-likeness (QED) is 0.728. The van der Waals surface area contributed by atoms with Crippen molar-refractivity contribution in [2.45, 2.75) is 13.8 Å². The number of H-pyrrole nitrogens is 1. The normalized spacial score (nSPS) is 9.15. The van der Waals surface area contributed by atoms with Crippen LogP contribution in [0, 0.1) is 0 Å². The fourth-order valence-corrected chi connectivity index (χ4v) is 1.03. The van der Waals surface area contributed by atoms with Gasteiger partial charge in [0.25, 0.3) is 0 Å². The molecule has 0 aromatic carbocycles. The van der Waals surface area contributed by atoms with Crippen molar-refractivity contribution < 1.29 is 4.74 Å². The molecule has 1 N–H and O–H groups in total. The fraction of sp³-hybridized carbons (Fsp3) is 0.300. The zero-order valence-electron chi connectivity index (χ0n) is 8.16. The predicted molar refractivity (Wildman–Crippen MR) is 54.0 cm³/mol. The molecule has 70 valence electrons. The summed E-state index contributed by atoms with van der Waals surface area (Å²) in [7, 11) is 1.63. The van der Waals surface area contributed by atoms with Gasteiger partial charge in [-0.1, -0.05) is 13.8 Å². The summed E-state index contributed by atoms with van der Waals surface area (Å²) in [6.07, 6.45) is 3.55. The number of methoxy groups -OCH3 is 1. The maximum atomic E-state index is 5.02. The van der Waals surface area contributed by atoms with Crippen LogP contribution in [0.4, 0.5) is 0 Å². The van der Waals surface area contributed by atoms with Gasteiger partial charge in [-0.2, -0.15) is 0 Å². The lowest BCUT2D eigenvalue weighted by molar-refractivity contribution is 0.413. The monoisotopic (exact) mass is 178 g/mol. The van der Waals surface area contributed by atoms with Crippen molar-refractivity contribution in [1.29, 1.82) is 0 Å². The third-order valence-electron chi connectivity index (χ3n) is 1.61. The first-order valence-corrected chi connectivity index (χ1v) is 4.37. The Bertz CT molecular complexity index is 368. The molecule has 0 aliphatic heterocycles. The molecule has 2 aromatic heterocycles. The SMILES string of the molecule is CC.COc1cnc2[nH]ccc2c1. The standard InChI is InChI=1S/C8H8N2O.C2H6/c1-11-7-4-6-2-3-9-8(6)10-5-7;1-2/h2-5H,1H3,(H,9,10);1-2H3. The molecule has 2 heterocycles. The summed E-state index contributed by atoms with van der Waals surface area (Å²) in [5.41, 5.74) is 0.894. The van der Waals surface area contributed by atoms with Crippen LogP contribution in [0.5, 0.6) is 5.75 Å². The van der Waals surface area contributed by atoms with Gasteiger partial charge in [0.1, 0.15) is 11.4 Å². The van der Waals surface area contributed by atoms with Gasteiger partial charge in [-0.3, -0.25) is 0 Å². The number of fused-ring (bicyclic) bond motifs is 1. The summed E-state index contributed by atoms with van der Waals surface area (Å²) < 4.78 is 5.02. The van der Waals surface area contributed by atoms with E-state index < -0.39 is 0 Å². The Morgan fingerprint density at radius 3 is 2.85 bits per heavy atom. The van der Waals surface area contributed by atoms with E-state index in [1.165, 1.54) is 0 Å². The number of nitrogens with one attached hydrogen (secondary N) is 1. The molecule has 0 aliphatic carbocycles. The van der Waals surface area contributed by atoms with Crippen LogP contribution in [0.1, 0.15) is 13.8 Å². The highest BCUT2D eigenvalue weighted by molar-refractivity contribution is 5.76. The molecular weight excluding hydrogens is 164 g/mol. The minimum atomic E-state index is 0.789. The van der Waals surface area contributed by atoms with Crippen LogP contribution in [0.15, 0.2) is 24.5 Å². The van der Waals surface area contributed by atoms with E-state index in [1.54, 1.807) is 13.3 Å². The molecule has 0 amide bonds. The fourth-order valence-electron chi connectivity index (χ4n) is 1.03. The van der Waals surface area contributed by atoms with E-state index in [2.05, 4.69) is 9.97 Å². The minimum Gasteiger partial charge on any atom is -0.495 e. The Morgan fingerprint density at radius 1 is 1.38 bits per heavy atom. The van der Waals surface area contributed by atoms with Gasteiger partial charge in [0.15, 0.2) is 0 Å². The van der Waals surface area contributed by atoms with Crippen LogP contribution in [-0.2, 0) is 0 Å². The largest absolute Gasteiger partial charge is 0.495 e. The first-order chi connectivity index (χ1) is 6.40. The number of ether oxygens (including phenoxy) is 1. The smallest absolute Gasteiger partial charge is 0.137 e. The van der Waals surface area contributed by atoms with Gasteiger partial charge in [0, 0.05) is 11.6 Å². The second kappa shape index (κ2) is 4.50. The van der Waals surface area contributed by atoms with Gasteiger partial charge < -0.3 is 9.72 Å². The zero-order chi connectivity index (χ0) is 9.68. The molecule has 3 nitrogen and oxygen atoms in total. The Balaban J connectivity index is 0.000000396. The lowest BCUT2D eigenvalue weighted by Crippen LogP contribution is -1.83. The molecule has 0 atom stereocenters. The maximum absolute atomic E-state index is 5.02. The Hall–Kier alpha value is -1.51. The highest BCUT2D eigenvalue weighted by atomic mass is 16.5. The Labute approximate surface area is 77.8 Å². The molecule has 13 heavy (non-hydrogen) atoms. The van der Waals surface area contributed by atoms with Gasteiger partial charge >= 0.3 is 0 Å². The molecule has 0 saturated heterocycles. The van der Waals surface area contributed by atoms with Gasteiger partial charge in [-0.15, -0.1) is 0 Å². The van der Waals surface area contributed by atoms with Gasteiger partial charge in [0.05, 0.1) is 13.3 Å². The van der Waals surface area contributed by atoms with E-state index in [4.69, 9.17) is 4.74 Å². The lowest BCUT2D eigenvalue weighted by Gasteiger charge is -1.96. The van der Waals surface area contributed by atoms with E-state index in [9.17, 15) is 0 Å². The van der Waals surface area contributed by atoms with E-state index in [0.29, 0.717) is 0 Å². The number of aromatic nitrogens is 2. The van der Waals surface area contributed by atoms with Crippen LogP contribution in [0.25, 0.3) is 11.0 Å². The zero-order valence-corrected chi connectivity index (χ0v) is 8.16. The van der Waals surface area contributed by atoms with Crippen molar-refractivity contribution in [2.24, 2.45) is 0 Å². The third kappa shape index (κ3) is 1.99. The van der Waals surface area contributed by atoms with Crippen LogP contribution in [0.3, 0.4) is 0 Å². The molecule has 3 heteroatoms. The first kappa shape index (κ1) is 9.58. The third-order valence-corrected chi connectivity index (χ3v) is 1.61. The molecule has 0 radical (unpaired) electrons. The topological polar surface area (TPSA) is 37.9 Å². The van der Waals surface area contributed by atoms with Crippen molar-refractivity contribution in [3.05, 3.63) is 24.5 Å². The first-order valence-electron chi connectivity index (χ1n) is 4.37. The van der Waals surface area contributed by atoms with E-state index in [1.807, 2.05) is 32.2 Å². The molecule has 0 saturated carbocycles. The summed E-state index contributed by atoms with van der Waals surface area (Å²) >= 11 is 0. The summed E-state index contributed by atoms with van der Waals surface area (Å²) in [4.78, 5) is 7.14. The van der Waals surface area contributed by atoms with Crippen LogP contribution in [0.2, 0.25) is 0 Å². The average molecular weight is 178 g/mol. The summed E-state index contributed by atoms with van der Waals surface area (Å²) in [6.45, 7) is 4.00. The molecule has 0 aliphatic rings. The number of hydrogen-bond acceptors (Lipinski definition) is 2. The molecule has 0 spiro atoms. The Kier molecular flexibility index (Phi) is 3.31. The number of hydrogen-bond donors (Lipinski definition) is 1. The highest BCUT2D eigenvalue weighted by Gasteiger charge is 1.96. The number of nitrogens with zero attached hydrogens (tertiary/aromatic N) is 1. The van der Waals surface area contributed by atoms with Gasteiger partial charge in [-0.25, -0.2) is 4.98 Å². The van der Waals surface area contributed by atoms with Crippen molar-refractivity contribution in [3.63, 3.8) is 0 Å². The summed E-state index contributed by atoms with van der Waals surface area (Å²) in [6, 6.07) is 3.91. The second-order valence-corrected chi connectivity index (χ2v) is 2.29. The van der Waals surface area contributed by atoms with Crippen LogP contribution >= 0.6 is 0 Å². The molecule has 0 unspecified atom stereocenters. The predicted octanol–water partition coefficient (Wildman–Crippen LogP) is 2.60. The van der Waals surface area contributed by atoms with Crippen molar-refractivity contribution in [3.8, 4) is 5.75 Å². The second-order valence-electron chi connectivity index (χ2n) is 2.29. The van der Waals surface area contributed by atoms with E-state index >= 15 is 0 Å². The maximum Gasteiger partial charge on any atom is 0.137 e. The average Bonchev–Trinajstić information content (AvgIpc) is 2.67. The molecular formula is C10H14N2O. The summed E-state index contributed by atoms with van der Waals surface area (Å²) in [5.74, 6) is 0.789. The van der Waals surface area contributed by atoms with Crippen LogP contribution < -0.4 is 4.74 Å². The van der Waals surface area contributed by atoms with Gasteiger partial charge in [0.2, 0.25) is 0 Å². The van der Waals surface area contributed by atoms with E-state index in [-0.39, 0.29) is 0 Å². The molecule has 2 rings (SSSR count). The highest BCUT2D eigenvalue weighted by Crippen LogP contribution is 2.15. The number of pyridine rings is 1. The molecule has 0 bridgehead atoms. The summed E-state index contributed by atoms with van der Waals surface area (Å²) in [5, 5.41) is 1.07. The lowest BCUT2D eigenvalue weighted by atomic mass is 10.3. The molecule has 2 aromatic rings. The van der Waals surface area contributed by atoms with Crippen LogP contribution in [-0.4, -0.2) is 17.1 Å². The van der Waals surface area contributed by atoms with Crippen molar-refractivity contribution in [1.82, 2.24) is 9.97 Å². The Morgan fingerprint density at radius 2 is 2.15 bits per heavy atom. The molecule has 0 fully saturated rings.